The maximum absolute atomic E-state index is 14.0. The first kappa shape index (κ1) is 27.9. The Balaban J connectivity index is 1.66. The first-order chi connectivity index (χ1) is 18.7. The Hall–Kier alpha value is -4.14. The summed E-state index contributed by atoms with van der Waals surface area (Å²) in [5.41, 5.74) is 1.81. The maximum Gasteiger partial charge on any atom is 0.417 e. The molecule has 3 atom stereocenters. The first-order valence-corrected chi connectivity index (χ1v) is 12.6. The lowest BCUT2D eigenvalue weighted by Crippen LogP contribution is -2.46. The monoisotopic (exact) mass is 539 g/mol. The number of carbonyl (C=O) groups excluding carboxylic acids is 3. The number of ether oxygens (including phenoxy) is 2. The number of amides is 2. The average Bonchev–Trinajstić information content (AvgIpc) is 3.30. The Morgan fingerprint density at radius 2 is 1.46 bits per heavy atom. The van der Waals surface area contributed by atoms with E-state index < -0.39 is 54.9 Å². The van der Waals surface area contributed by atoms with Gasteiger partial charge in [0.2, 0.25) is 5.91 Å². The maximum atomic E-state index is 14.0. The number of esters is 1. The van der Waals surface area contributed by atoms with E-state index in [0.29, 0.717) is 17.5 Å². The number of hydrogen-bond acceptors (Lipinski definition) is 5. The van der Waals surface area contributed by atoms with Crippen LogP contribution >= 0.6 is 0 Å². The Morgan fingerprint density at radius 1 is 0.897 bits per heavy atom. The summed E-state index contributed by atoms with van der Waals surface area (Å²) >= 11 is 0. The van der Waals surface area contributed by atoms with Crippen LogP contribution in [0.25, 0.3) is 0 Å². The molecule has 9 heteroatoms. The van der Waals surface area contributed by atoms with Gasteiger partial charge in [0.15, 0.2) is 0 Å². The molecule has 0 aromatic heterocycles. The molecule has 1 aliphatic heterocycles. The highest BCUT2D eigenvalue weighted by Crippen LogP contribution is 2.36. The lowest BCUT2D eigenvalue weighted by Gasteiger charge is -2.30. The molecule has 0 saturated carbocycles. The number of halogens is 3. The summed E-state index contributed by atoms with van der Waals surface area (Å²) in [6.07, 6.45) is -7.15. The Morgan fingerprint density at radius 3 is 2.05 bits per heavy atom. The van der Waals surface area contributed by atoms with Gasteiger partial charge >= 0.3 is 18.2 Å². The number of benzene rings is 3. The van der Waals surface area contributed by atoms with Crippen molar-refractivity contribution >= 4 is 18.0 Å². The second-order valence-corrected chi connectivity index (χ2v) is 9.37. The van der Waals surface area contributed by atoms with E-state index in [4.69, 9.17) is 9.47 Å². The molecule has 0 aliphatic carbocycles. The molecule has 6 nitrogen and oxygen atoms in total. The van der Waals surface area contributed by atoms with E-state index in [2.05, 4.69) is 0 Å². The van der Waals surface area contributed by atoms with Gasteiger partial charge in [-0.2, -0.15) is 13.2 Å². The molecule has 2 amide bonds. The van der Waals surface area contributed by atoms with Crippen molar-refractivity contribution < 1.29 is 37.0 Å². The fourth-order valence-electron chi connectivity index (χ4n) is 4.70. The zero-order valence-corrected chi connectivity index (χ0v) is 21.1. The Kier molecular flexibility index (Phi) is 9.01. The van der Waals surface area contributed by atoms with Crippen molar-refractivity contribution in [3.8, 4) is 0 Å². The summed E-state index contributed by atoms with van der Waals surface area (Å²) in [7, 11) is 0. The van der Waals surface area contributed by atoms with E-state index in [-0.39, 0.29) is 13.2 Å². The topological polar surface area (TPSA) is 72.9 Å². The lowest BCUT2D eigenvalue weighted by atomic mass is 9.81. The minimum absolute atomic E-state index is 0.0628. The van der Waals surface area contributed by atoms with Crippen LogP contribution in [0.2, 0.25) is 0 Å². The Bertz CT molecular complexity index is 1250. The van der Waals surface area contributed by atoms with Crippen LogP contribution in [-0.2, 0) is 32.1 Å². The highest BCUT2D eigenvalue weighted by molar-refractivity contribution is 5.99. The molecule has 1 heterocycles. The smallest absolute Gasteiger partial charge is 0.417 e. The zero-order chi connectivity index (χ0) is 27.8. The molecular formula is C30H28F3NO5. The van der Waals surface area contributed by atoms with E-state index in [0.717, 1.165) is 10.5 Å². The summed E-state index contributed by atoms with van der Waals surface area (Å²) < 4.78 is 50.6. The standard InChI is InChI=1S/C30H28F3NO5/c31-30(32,33)17-16-25(28(36)38-19-22-12-6-2-7-13-22)26(23-14-8-3-9-15-23)27(35)34-24(20-39-29(34)37)18-21-10-4-1-5-11-21/h1-15,24-26H,16-20H2. The summed E-state index contributed by atoms with van der Waals surface area (Å²) in [5.74, 6) is -4.62. The number of alkyl halides is 3. The summed E-state index contributed by atoms with van der Waals surface area (Å²) in [4.78, 5) is 41.1. The fraction of sp³-hybridized carbons (Fsp3) is 0.300. The minimum atomic E-state index is -4.56. The van der Waals surface area contributed by atoms with Crippen molar-refractivity contribution in [1.82, 2.24) is 4.90 Å². The lowest BCUT2D eigenvalue weighted by molar-refractivity contribution is -0.159. The molecule has 3 aromatic rings. The SMILES string of the molecule is O=C(OCc1ccccc1)C(CCC(F)(F)F)C(C(=O)N1C(=O)OCC1Cc1ccccc1)c1ccccc1. The Labute approximate surface area is 224 Å². The van der Waals surface area contributed by atoms with Crippen molar-refractivity contribution in [2.24, 2.45) is 5.92 Å². The molecule has 0 N–H and O–H groups in total. The molecule has 4 rings (SSSR count). The van der Waals surface area contributed by atoms with Crippen molar-refractivity contribution in [2.75, 3.05) is 6.61 Å². The number of carbonyl (C=O) groups is 3. The van der Waals surface area contributed by atoms with Gasteiger partial charge in [-0.25, -0.2) is 9.69 Å². The van der Waals surface area contributed by atoms with Crippen molar-refractivity contribution in [1.29, 1.82) is 0 Å². The second kappa shape index (κ2) is 12.6. The van der Waals surface area contributed by atoms with E-state index in [1.165, 1.54) is 0 Å². The van der Waals surface area contributed by atoms with Crippen LogP contribution in [0, 0.1) is 5.92 Å². The van der Waals surface area contributed by atoms with Gasteiger partial charge in [0.05, 0.1) is 17.9 Å². The molecule has 0 spiro atoms. The van der Waals surface area contributed by atoms with Gasteiger partial charge < -0.3 is 9.47 Å². The minimum Gasteiger partial charge on any atom is -0.461 e. The molecule has 3 aromatic carbocycles. The van der Waals surface area contributed by atoms with E-state index in [9.17, 15) is 27.6 Å². The predicted molar refractivity (Wildman–Crippen MR) is 136 cm³/mol. The third-order valence-electron chi connectivity index (χ3n) is 6.61. The average molecular weight is 540 g/mol. The molecule has 0 radical (unpaired) electrons. The van der Waals surface area contributed by atoms with Crippen LogP contribution in [-0.4, -0.2) is 41.7 Å². The van der Waals surface area contributed by atoms with Crippen LogP contribution in [0.3, 0.4) is 0 Å². The number of cyclic esters (lactones) is 1. The second-order valence-electron chi connectivity index (χ2n) is 9.37. The number of rotatable bonds is 10. The summed E-state index contributed by atoms with van der Waals surface area (Å²) in [6.45, 7) is -0.229. The van der Waals surface area contributed by atoms with Gasteiger partial charge in [-0.1, -0.05) is 91.0 Å². The van der Waals surface area contributed by atoms with Gasteiger partial charge in [0, 0.05) is 6.42 Å². The number of nitrogens with zero attached hydrogens (tertiary/aromatic N) is 1. The van der Waals surface area contributed by atoms with E-state index in [1.54, 1.807) is 60.7 Å². The number of hydrogen-bond donors (Lipinski definition) is 0. The third kappa shape index (κ3) is 7.46. The molecule has 204 valence electrons. The van der Waals surface area contributed by atoms with Crippen molar-refractivity contribution in [3.63, 3.8) is 0 Å². The van der Waals surface area contributed by atoms with Gasteiger partial charge in [0.1, 0.15) is 13.2 Å². The van der Waals surface area contributed by atoms with Gasteiger partial charge in [-0.3, -0.25) is 9.59 Å². The third-order valence-corrected chi connectivity index (χ3v) is 6.61. The van der Waals surface area contributed by atoms with Gasteiger partial charge in [-0.05, 0) is 29.5 Å². The largest absolute Gasteiger partial charge is 0.461 e. The fourth-order valence-corrected chi connectivity index (χ4v) is 4.70. The molecule has 1 saturated heterocycles. The van der Waals surface area contributed by atoms with Crippen LogP contribution in [0.1, 0.15) is 35.4 Å². The van der Waals surface area contributed by atoms with Crippen LogP contribution < -0.4 is 0 Å². The zero-order valence-electron chi connectivity index (χ0n) is 21.1. The molecular weight excluding hydrogens is 511 g/mol. The molecule has 39 heavy (non-hydrogen) atoms. The predicted octanol–water partition coefficient (Wildman–Crippen LogP) is 6.06. The van der Waals surface area contributed by atoms with Crippen molar-refractivity contribution in [3.05, 3.63) is 108 Å². The van der Waals surface area contributed by atoms with Crippen LogP contribution in [0.5, 0.6) is 0 Å². The van der Waals surface area contributed by atoms with Gasteiger partial charge in [0.25, 0.3) is 0 Å². The summed E-state index contributed by atoms with van der Waals surface area (Å²) in [6, 6.07) is 25.2. The van der Waals surface area contributed by atoms with Crippen molar-refractivity contribution in [2.45, 2.75) is 44.0 Å². The highest BCUT2D eigenvalue weighted by atomic mass is 19.4. The summed E-state index contributed by atoms with van der Waals surface area (Å²) in [5, 5.41) is 0. The van der Waals surface area contributed by atoms with E-state index >= 15 is 0 Å². The van der Waals surface area contributed by atoms with E-state index in [1.807, 2.05) is 30.3 Å². The normalized spacial score (nSPS) is 16.8. The molecule has 3 unspecified atom stereocenters. The number of imide groups is 1. The first-order valence-electron chi connectivity index (χ1n) is 12.6. The highest BCUT2D eigenvalue weighted by Gasteiger charge is 2.46. The quantitative estimate of drug-likeness (QED) is 0.293. The molecule has 0 bridgehead atoms. The molecule has 1 fully saturated rings. The van der Waals surface area contributed by atoms with Gasteiger partial charge in [-0.15, -0.1) is 0 Å². The van der Waals surface area contributed by atoms with Crippen LogP contribution in [0.4, 0.5) is 18.0 Å². The van der Waals surface area contributed by atoms with Crippen LogP contribution in [0.15, 0.2) is 91.0 Å². The molecule has 1 aliphatic rings.